The average molecular weight is 279 g/mol. The molecule has 0 fully saturated rings. The van der Waals surface area contributed by atoms with Crippen molar-refractivity contribution in [3.8, 4) is 0 Å². The van der Waals surface area contributed by atoms with Gasteiger partial charge in [-0.15, -0.1) is 11.3 Å². The highest BCUT2D eigenvalue weighted by molar-refractivity contribution is 7.09. The van der Waals surface area contributed by atoms with Crippen LogP contribution in [0.2, 0.25) is 0 Å². The second-order valence-electron chi connectivity index (χ2n) is 4.30. The second kappa shape index (κ2) is 5.36. The molecule has 0 bridgehead atoms. The van der Waals surface area contributed by atoms with Crippen LogP contribution in [-0.2, 0) is 6.54 Å². The van der Waals surface area contributed by atoms with Gasteiger partial charge in [-0.25, -0.2) is 9.37 Å². The fraction of sp³-hybridized carbons (Fsp3) is 0.231. The van der Waals surface area contributed by atoms with E-state index >= 15 is 0 Å². The minimum absolute atomic E-state index is 0.241. The molecule has 1 amide bonds. The summed E-state index contributed by atoms with van der Waals surface area (Å²) in [6.45, 7) is 2.34. The maximum absolute atomic E-state index is 13.2. The zero-order chi connectivity index (χ0) is 14.0. The van der Waals surface area contributed by atoms with Gasteiger partial charge in [-0.1, -0.05) is 0 Å². The van der Waals surface area contributed by atoms with Gasteiger partial charge in [0.2, 0.25) is 0 Å². The van der Waals surface area contributed by atoms with Crippen LogP contribution in [0.5, 0.6) is 0 Å². The summed E-state index contributed by atoms with van der Waals surface area (Å²) >= 11 is 1.49. The molecule has 2 aromatic rings. The second-order valence-corrected chi connectivity index (χ2v) is 5.23. The predicted octanol–water partition coefficient (Wildman–Crippen LogP) is 2.45. The topological polar surface area (TPSA) is 59.2 Å². The molecule has 0 saturated carbocycles. The van der Waals surface area contributed by atoms with E-state index in [0.29, 0.717) is 6.54 Å². The Morgan fingerprint density at radius 2 is 2.21 bits per heavy atom. The van der Waals surface area contributed by atoms with Crippen molar-refractivity contribution in [3.63, 3.8) is 0 Å². The van der Waals surface area contributed by atoms with Crippen LogP contribution in [0.25, 0.3) is 0 Å². The average Bonchev–Trinajstić information content (AvgIpc) is 2.72. The zero-order valence-corrected chi connectivity index (χ0v) is 11.5. The molecule has 19 heavy (non-hydrogen) atoms. The van der Waals surface area contributed by atoms with Crippen LogP contribution in [0.3, 0.4) is 0 Å². The molecule has 1 aromatic heterocycles. The van der Waals surface area contributed by atoms with E-state index in [2.05, 4.69) is 4.98 Å². The Morgan fingerprint density at radius 3 is 2.79 bits per heavy atom. The van der Waals surface area contributed by atoms with Crippen molar-refractivity contribution in [1.29, 1.82) is 0 Å². The first kappa shape index (κ1) is 13.5. The van der Waals surface area contributed by atoms with Crippen molar-refractivity contribution < 1.29 is 9.18 Å². The third-order valence-corrected chi connectivity index (χ3v) is 3.66. The van der Waals surface area contributed by atoms with E-state index in [4.69, 9.17) is 5.73 Å². The van der Waals surface area contributed by atoms with Crippen molar-refractivity contribution in [2.45, 2.75) is 13.5 Å². The van der Waals surface area contributed by atoms with Gasteiger partial charge in [0.05, 0.1) is 17.7 Å². The highest BCUT2D eigenvalue weighted by Gasteiger charge is 2.15. The number of rotatable bonds is 3. The van der Waals surface area contributed by atoms with E-state index in [1.807, 2.05) is 6.92 Å². The Bertz CT molecular complexity index is 591. The highest BCUT2D eigenvalue weighted by atomic mass is 32.1. The van der Waals surface area contributed by atoms with Gasteiger partial charge in [0.25, 0.3) is 5.91 Å². The minimum atomic E-state index is -0.509. The third kappa shape index (κ3) is 3.08. The molecule has 1 heterocycles. The fourth-order valence-electron chi connectivity index (χ4n) is 1.72. The Hall–Kier alpha value is -1.95. The molecule has 0 aliphatic heterocycles. The van der Waals surface area contributed by atoms with Crippen LogP contribution in [-0.4, -0.2) is 22.8 Å². The van der Waals surface area contributed by atoms with Gasteiger partial charge >= 0.3 is 0 Å². The maximum Gasteiger partial charge on any atom is 0.254 e. The standard InChI is InChI=1S/C13H14FN3OS/c1-8-12(19-7-16-8)6-17(2)13(18)9-3-10(14)5-11(15)4-9/h3-5,7H,6,15H2,1-2H3. The molecule has 0 aliphatic carbocycles. The molecule has 4 nitrogen and oxygen atoms in total. The van der Waals surface area contributed by atoms with Gasteiger partial charge in [-0.3, -0.25) is 4.79 Å². The molecule has 2 N–H and O–H groups in total. The molecule has 0 atom stereocenters. The summed E-state index contributed by atoms with van der Waals surface area (Å²) in [6, 6.07) is 3.85. The lowest BCUT2D eigenvalue weighted by Gasteiger charge is -2.17. The number of halogens is 1. The van der Waals surface area contributed by atoms with Crippen molar-refractivity contribution in [2.75, 3.05) is 12.8 Å². The number of aromatic nitrogens is 1. The van der Waals surface area contributed by atoms with E-state index in [-0.39, 0.29) is 17.2 Å². The van der Waals surface area contributed by atoms with Crippen molar-refractivity contribution >= 4 is 22.9 Å². The molecule has 0 spiro atoms. The van der Waals surface area contributed by atoms with Gasteiger partial charge < -0.3 is 10.6 Å². The zero-order valence-electron chi connectivity index (χ0n) is 10.7. The molecule has 100 valence electrons. The number of hydrogen-bond donors (Lipinski definition) is 1. The number of carbonyl (C=O) groups excluding carboxylic acids is 1. The number of thiazole rings is 1. The van der Waals surface area contributed by atoms with E-state index in [0.717, 1.165) is 10.6 Å². The Balaban J connectivity index is 2.17. The Kier molecular flexibility index (Phi) is 3.80. The number of anilines is 1. The SMILES string of the molecule is Cc1ncsc1CN(C)C(=O)c1cc(N)cc(F)c1. The fourth-order valence-corrected chi connectivity index (χ4v) is 2.55. The van der Waals surface area contributed by atoms with E-state index in [1.54, 1.807) is 12.6 Å². The van der Waals surface area contributed by atoms with E-state index < -0.39 is 5.82 Å². The summed E-state index contributed by atoms with van der Waals surface area (Å²) < 4.78 is 13.2. The van der Waals surface area contributed by atoms with E-state index in [1.165, 1.54) is 34.4 Å². The van der Waals surface area contributed by atoms with Gasteiger partial charge in [-0.2, -0.15) is 0 Å². The first-order valence-electron chi connectivity index (χ1n) is 5.68. The predicted molar refractivity (Wildman–Crippen MR) is 73.5 cm³/mol. The number of benzene rings is 1. The molecular weight excluding hydrogens is 265 g/mol. The third-order valence-electron chi connectivity index (χ3n) is 2.74. The maximum atomic E-state index is 13.2. The van der Waals surface area contributed by atoms with Crippen molar-refractivity contribution in [1.82, 2.24) is 9.88 Å². The van der Waals surface area contributed by atoms with Crippen LogP contribution in [0, 0.1) is 12.7 Å². The lowest BCUT2D eigenvalue weighted by Crippen LogP contribution is -2.26. The number of amides is 1. The lowest BCUT2D eigenvalue weighted by atomic mass is 10.1. The number of nitrogens with two attached hydrogens (primary N) is 1. The van der Waals surface area contributed by atoms with Gasteiger partial charge in [0.15, 0.2) is 0 Å². The molecule has 0 saturated heterocycles. The monoisotopic (exact) mass is 279 g/mol. The number of nitrogen functional groups attached to an aromatic ring is 1. The largest absolute Gasteiger partial charge is 0.399 e. The summed E-state index contributed by atoms with van der Waals surface area (Å²) in [7, 11) is 1.67. The summed E-state index contributed by atoms with van der Waals surface area (Å²) in [5.41, 5.74) is 8.68. The number of aryl methyl sites for hydroxylation is 1. The quantitative estimate of drug-likeness (QED) is 0.878. The van der Waals surface area contributed by atoms with Crippen LogP contribution in [0.15, 0.2) is 23.7 Å². The number of carbonyl (C=O) groups is 1. The first-order valence-corrected chi connectivity index (χ1v) is 6.56. The lowest BCUT2D eigenvalue weighted by molar-refractivity contribution is 0.0786. The molecule has 6 heteroatoms. The summed E-state index contributed by atoms with van der Waals surface area (Å²) in [4.78, 5) is 18.8. The summed E-state index contributed by atoms with van der Waals surface area (Å²) in [5.74, 6) is -0.773. The van der Waals surface area contributed by atoms with E-state index in [9.17, 15) is 9.18 Å². The summed E-state index contributed by atoms with van der Waals surface area (Å²) in [6.07, 6.45) is 0. The molecular formula is C13H14FN3OS. The molecule has 0 aliphatic rings. The van der Waals surface area contributed by atoms with Gasteiger partial charge in [0, 0.05) is 23.2 Å². The summed E-state index contributed by atoms with van der Waals surface area (Å²) in [5, 5.41) is 0. The van der Waals surface area contributed by atoms with Gasteiger partial charge in [0.1, 0.15) is 5.82 Å². The number of nitrogens with zero attached hydrogens (tertiary/aromatic N) is 2. The molecule has 0 radical (unpaired) electrons. The molecule has 0 unspecified atom stereocenters. The smallest absolute Gasteiger partial charge is 0.254 e. The van der Waals surface area contributed by atoms with Crippen molar-refractivity contribution in [2.24, 2.45) is 0 Å². The number of hydrogen-bond acceptors (Lipinski definition) is 4. The highest BCUT2D eigenvalue weighted by Crippen LogP contribution is 2.17. The van der Waals surface area contributed by atoms with Crippen LogP contribution in [0.4, 0.5) is 10.1 Å². The molecule has 2 rings (SSSR count). The minimum Gasteiger partial charge on any atom is -0.399 e. The first-order chi connectivity index (χ1) is 8.97. The normalized spacial score (nSPS) is 10.5. The Morgan fingerprint density at radius 1 is 1.47 bits per heavy atom. The van der Waals surface area contributed by atoms with Crippen molar-refractivity contribution in [3.05, 3.63) is 45.7 Å². The van der Waals surface area contributed by atoms with Crippen LogP contribution < -0.4 is 5.73 Å². The van der Waals surface area contributed by atoms with Gasteiger partial charge in [-0.05, 0) is 25.1 Å². The van der Waals surface area contributed by atoms with Crippen LogP contribution in [0.1, 0.15) is 20.9 Å². The van der Waals surface area contributed by atoms with Crippen LogP contribution >= 0.6 is 11.3 Å². The Labute approximate surface area is 114 Å². The molecule has 1 aromatic carbocycles.